The van der Waals surface area contributed by atoms with Crippen molar-refractivity contribution in [3.05, 3.63) is 118 Å². The number of ether oxygens (including phenoxy) is 3. The molecule has 3 heterocycles. The van der Waals surface area contributed by atoms with E-state index in [1.165, 1.54) is 54.6 Å². The molecule has 7 N–H and O–H groups in total. The second-order valence-electron chi connectivity index (χ2n) is 10.9. The van der Waals surface area contributed by atoms with Gasteiger partial charge in [-0.05, 0) is 64.5 Å². The summed E-state index contributed by atoms with van der Waals surface area (Å²) in [6.07, 6.45) is 0. The highest BCUT2D eigenvalue weighted by atomic mass is 16.6. The minimum absolute atomic E-state index is 0.0481. The van der Waals surface area contributed by atoms with E-state index in [1.807, 2.05) is 0 Å². The van der Waals surface area contributed by atoms with Crippen LogP contribution in [0.25, 0.3) is 33.1 Å². The van der Waals surface area contributed by atoms with Crippen molar-refractivity contribution >= 4 is 62.9 Å². The van der Waals surface area contributed by atoms with Gasteiger partial charge in [-0.1, -0.05) is 24.3 Å². The molecule has 4 aromatic rings. The second kappa shape index (κ2) is 11.0. The van der Waals surface area contributed by atoms with Gasteiger partial charge in [0.25, 0.3) is 0 Å². The van der Waals surface area contributed by atoms with E-state index >= 15 is 0 Å². The summed E-state index contributed by atoms with van der Waals surface area (Å²) in [6.45, 7) is 0. The van der Waals surface area contributed by atoms with E-state index in [4.69, 9.17) is 14.2 Å². The van der Waals surface area contributed by atoms with E-state index in [1.54, 1.807) is 0 Å². The van der Waals surface area contributed by atoms with Crippen LogP contribution < -0.4 is 4.74 Å². The standard InChI is InChI=1S/C35H18O15/c36-15-5-1-12(2-6-15)22(31(41)42)29-26(39)21(34(46)49-29)14-9-17-18(11-20(38)28-24(17)19(10-14)33(45)48-28)25-27(40)30(50-35(25)47)23(32(43)44)13-3-7-16(37)8-4-13/h1-11,36-40H,(H,41,42)(H,43,44)/b29-22-,30-23+. The number of rotatable bonds is 6. The van der Waals surface area contributed by atoms with Crippen LogP contribution in [0.15, 0.2) is 89.8 Å². The van der Waals surface area contributed by atoms with Gasteiger partial charge in [-0.15, -0.1) is 0 Å². The maximum absolute atomic E-state index is 13.3. The van der Waals surface area contributed by atoms with Crippen LogP contribution in [0.4, 0.5) is 0 Å². The van der Waals surface area contributed by atoms with Gasteiger partial charge in [0.15, 0.2) is 34.5 Å². The first-order chi connectivity index (χ1) is 23.8. The Labute approximate surface area is 277 Å². The number of benzene rings is 4. The Hall–Kier alpha value is -7.55. The molecule has 0 amide bonds. The molecule has 7 rings (SSSR count). The van der Waals surface area contributed by atoms with Gasteiger partial charge in [0.2, 0.25) is 0 Å². The van der Waals surface area contributed by atoms with E-state index in [2.05, 4.69) is 0 Å². The van der Waals surface area contributed by atoms with Crippen molar-refractivity contribution in [3.63, 3.8) is 0 Å². The molecule has 0 unspecified atom stereocenters. The fraction of sp³-hybridized carbons (Fsp3) is 0. The third kappa shape index (κ3) is 4.64. The zero-order valence-electron chi connectivity index (χ0n) is 24.7. The van der Waals surface area contributed by atoms with E-state index < -0.39 is 80.9 Å². The lowest BCUT2D eigenvalue weighted by Gasteiger charge is -2.11. The van der Waals surface area contributed by atoms with Crippen LogP contribution in [-0.2, 0) is 28.7 Å². The van der Waals surface area contributed by atoms with Gasteiger partial charge in [-0.3, -0.25) is 0 Å². The van der Waals surface area contributed by atoms with Gasteiger partial charge >= 0.3 is 29.8 Å². The molecule has 0 aromatic heterocycles. The number of phenolic OH excluding ortho intramolecular Hbond substituents is 3. The van der Waals surface area contributed by atoms with Crippen molar-refractivity contribution < 1.29 is 73.9 Å². The number of carbonyl (C=O) groups is 5. The van der Waals surface area contributed by atoms with Crippen LogP contribution in [0.1, 0.15) is 32.6 Å². The van der Waals surface area contributed by atoms with Crippen LogP contribution in [-0.4, -0.2) is 65.6 Å². The topological polar surface area (TPSA) is 255 Å². The predicted molar refractivity (Wildman–Crippen MR) is 167 cm³/mol. The van der Waals surface area contributed by atoms with Crippen molar-refractivity contribution in [2.75, 3.05) is 0 Å². The smallest absolute Gasteiger partial charge is 0.348 e. The molecule has 0 aliphatic carbocycles. The van der Waals surface area contributed by atoms with Crippen molar-refractivity contribution in [1.82, 2.24) is 0 Å². The van der Waals surface area contributed by atoms with Crippen molar-refractivity contribution in [2.24, 2.45) is 0 Å². The number of carboxylic acids is 2. The molecule has 248 valence electrons. The molecule has 15 heteroatoms. The molecule has 0 saturated heterocycles. The molecule has 0 spiro atoms. The number of hydrogen-bond acceptors (Lipinski definition) is 13. The molecule has 4 aromatic carbocycles. The number of carboxylic acid groups (broad SMARTS) is 2. The Morgan fingerprint density at radius 1 is 0.540 bits per heavy atom. The number of phenols is 3. The SMILES string of the molecule is O=C1O/C(=C(\C(=O)O)c2ccc(O)cc2)C(O)=C1c1cc2c3c(c(O)cc(C4=C(O)/C(=C(\C(=O)O)c5ccc(O)cc5)OC4=O)c3c1)OC2=O. The molecule has 0 atom stereocenters. The van der Waals surface area contributed by atoms with E-state index in [-0.39, 0.29) is 55.8 Å². The average Bonchev–Trinajstić information content (AvgIpc) is 3.66. The Bertz CT molecular complexity index is 2420. The minimum Gasteiger partial charge on any atom is -0.508 e. The number of aliphatic carboxylic acids is 2. The molecule has 50 heavy (non-hydrogen) atoms. The Balaban J connectivity index is 1.48. The highest BCUT2D eigenvalue weighted by Gasteiger charge is 2.41. The van der Waals surface area contributed by atoms with E-state index in [0.29, 0.717) is 0 Å². The number of aliphatic hydroxyl groups is 2. The van der Waals surface area contributed by atoms with E-state index in [0.717, 1.165) is 12.1 Å². The van der Waals surface area contributed by atoms with Crippen LogP contribution in [0.5, 0.6) is 23.0 Å². The highest BCUT2D eigenvalue weighted by Crippen LogP contribution is 2.49. The first-order valence-corrected chi connectivity index (χ1v) is 14.2. The molecular weight excluding hydrogens is 660 g/mol. The summed E-state index contributed by atoms with van der Waals surface area (Å²) < 4.78 is 15.6. The average molecular weight is 679 g/mol. The predicted octanol–water partition coefficient (Wildman–Crippen LogP) is 4.13. The summed E-state index contributed by atoms with van der Waals surface area (Å²) in [7, 11) is 0. The van der Waals surface area contributed by atoms with Crippen LogP contribution in [0.3, 0.4) is 0 Å². The fourth-order valence-corrected chi connectivity index (χ4v) is 5.87. The van der Waals surface area contributed by atoms with Crippen molar-refractivity contribution in [3.8, 4) is 23.0 Å². The van der Waals surface area contributed by atoms with Crippen molar-refractivity contribution in [2.45, 2.75) is 0 Å². The van der Waals surface area contributed by atoms with Gasteiger partial charge in [0.05, 0.1) is 5.56 Å². The number of hydrogen-bond donors (Lipinski definition) is 7. The maximum atomic E-state index is 13.3. The number of aliphatic hydroxyl groups excluding tert-OH is 2. The molecule has 0 radical (unpaired) electrons. The summed E-state index contributed by atoms with van der Waals surface area (Å²) >= 11 is 0. The maximum Gasteiger partial charge on any atom is 0.348 e. The molecule has 3 aliphatic rings. The van der Waals surface area contributed by atoms with Crippen LogP contribution in [0, 0.1) is 0 Å². The second-order valence-corrected chi connectivity index (χ2v) is 10.9. The number of cyclic esters (lactones) is 2. The third-order valence-corrected chi connectivity index (χ3v) is 8.04. The fourth-order valence-electron chi connectivity index (χ4n) is 5.87. The summed E-state index contributed by atoms with van der Waals surface area (Å²) in [5, 5.41) is 72.3. The number of carbonyl (C=O) groups excluding carboxylic acids is 3. The third-order valence-electron chi connectivity index (χ3n) is 8.04. The number of esters is 3. The minimum atomic E-state index is -1.62. The lowest BCUT2D eigenvalue weighted by Crippen LogP contribution is -2.06. The molecule has 0 bridgehead atoms. The quantitative estimate of drug-likeness (QED) is 0.0859. The Morgan fingerprint density at radius 2 is 1.02 bits per heavy atom. The monoisotopic (exact) mass is 678 g/mol. The molecule has 0 saturated carbocycles. The summed E-state index contributed by atoms with van der Waals surface area (Å²) in [4.78, 5) is 64.0. The van der Waals surface area contributed by atoms with Crippen LogP contribution in [0.2, 0.25) is 0 Å². The molecule has 15 nitrogen and oxygen atoms in total. The van der Waals surface area contributed by atoms with Gasteiger partial charge < -0.3 is 50.0 Å². The number of aromatic hydroxyl groups is 3. The van der Waals surface area contributed by atoms with Gasteiger partial charge in [0, 0.05) is 10.9 Å². The van der Waals surface area contributed by atoms with Gasteiger partial charge in [-0.25, -0.2) is 24.0 Å². The molecule has 0 fully saturated rings. The largest absolute Gasteiger partial charge is 0.508 e. The molecule has 3 aliphatic heterocycles. The summed E-state index contributed by atoms with van der Waals surface area (Å²) in [6, 6.07) is 12.7. The summed E-state index contributed by atoms with van der Waals surface area (Å²) in [5.74, 6) is -11.6. The lowest BCUT2D eigenvalue weighted by atomic mass is 9.90. The van der Waals surface area contributed by atoms with Gasteiger partial charge in [0.1, 0.15) is 33.8 Å². The highest BCUT2D eigenvalue weighted by molar-refractivity contribution is 6.30. The zero-order valence-corrected chi connectivity index (χ0v) is 24.7. The Morgan fingerprint density at radius 3 is 1.52 bits per heavy atom. The molecular formula is C35H18O15. The Kier molecular flexibility index (Phi) is 6.85. The first kappa shape index (κ1) is 31.1. The van der Waals surface area contributed by atoms with E-state index in [9.17, 15) is 59.7 Å². The summed E-state index contributed by atoms with van der Waals surface area (Å²) in [5.41, 5.74) is -3.50. The normalized spacial score (nSPS) is 17.2. The zero-order chi connectivity index (χ0) is 35.8. The first-order valence-electron chi connectivity index (χ1n) is 14.2. The van der Waals surface area contributed by atoms with Gasteiger partial charge in [-0.2, -0.15) is 0 Å². The van der Waals surface area contributed by atoms with Crippen LogP contribution >= 0.6 is 0 Å². The van der Waals surface area contributed by atoms with Crippen molar-refractivity contribution in [1.29, 1.82) is 0 Å². The lowest BCUT2D eigenvalue weighted by molar-refractivity contribution is -0.133.